The molecule has 0 aromatic heterocycles. The average molecular weight is 305 g/mol. The number of sulfonamides is 1. The largest absolute Gasteiger partial charge is 0.482 e. The molecule has 1 aromatic rings. The van der Waals surface area contributed by atoms with Gasteiger partial charge in [0.05, 0.1) is 24.2 Å². The summed E-state index contributed by atoms with van der Waals surface area (Å²) in [7, 11) is -3.87. The predicted octanol–water partition coefficient (Wildman–Crippen LogP) is -1.22. The van der Waals surface area contributed by atoms with Crippen LogP contribution in [0.1, 0.15) is 0 Å². The van der Waals surface area contributed by atoms with Crippen molar-refractivity contribution < 1.29 is 33.3 Å². The molecule has 8 nitrogen and oxygen atoms in total. The van der Waals surface area contributed by atoms with Crippen molar-refractivity contribution in [3.8, 4) is 5.75 Å². The van der Waals surface area contributed by atoms with Crippen LogP contribution in [0.3, 0.4) is 0 Å². The van der Waals surface area contributed by atoms with Crippen molar-refractivity contribution in [3.05, 3.63) is 24.3 Å². The third-order valence-corrected chi connectivity index (χ3v) is 3.80. The number of carboxylic acids is 1. The van der Waals surface area contributed by atoms with E-state index in [-0.39, 0.29) is 10.6 Å². The highest BCUT2D eigenvalue weighted by atomic mass is 32.2. The number of ether oxygens (including phenoxy) is 1. The number of carboxylic acid groups (broad SMARTS) is 1. The van der Waals surface area contributed by atoms with E-state index in [0.717, 1.165) is 0 Å². The molecule has 4 N–H and O–H groups in total. The van der Waals surface area contributed by atoms with Crippen molar-refractivity contribution in [3.63, 3.8) is 0 Å². The molecule has 1 rings (SSSR count). The first-order chi connectivity index (χ1) is 9.39. The monoisotopic (exact) mass is 305 g/mol. The van der Waals surface area contributed by atoms with Gasteiger partial charge in [-0.05, 0) is 24.3 Å². The fraction of sp³-hybridized carbons (Fsp3) is 0.364. The van der Waals surface area contributed by atoms with Crippen LogP contribution in [0.5, 0.6) is 5.75 Å². The van der Waals surface area contributed by atoms with E-state index in [1.54, 1.807) is 0 Å². The zero-order valence-corrected chi connectivity index (χ0v) is 11.2. The molecule has 0 fully saturated rings. The normalized spacial score (nSPS) is 11.6. The van der Waals surface area contributed by atoms with Gasteiger partial charge in [0.2, 0.25) is 10.0 Å². The Morgan fingerprint density at radius 2 is 1.75 bits per heavy atom. The van der Waals surface area contributed by atoms with Gasteiger partial charge in [-0.3, -0.25) is 0 Å². The van der Waals surface area contributed by atoms with Crippen LogP contribution < -0.4 is 9.46 Å². The minimum absolute atomic E-state index is 0.0907. The molecule has 0 aliphatic heterocycles. The zero-order chi connectivity index (χ0) is 15.2. The van der Waals surface area contributed by atoms with Crippen LogP contribution in [0, 0.1) is 0 Å². The van der Waals surface area contributed by atoms with Crippen LogP contribution in [0.15, 0.2) is 29.2 Å². The molecule has 0 amide bonds. The summed E-state index contributed by atoms with van der Waals surface area (Å²) in [4.78, 5) is 10.2. The molecule has 9 heteroatoms. The molecule has 0 aliphatic carbocycles. The number of aliphatic carboxylic acids is 1. The maximum absolute atomic E-state index is 11.9. The quantitative estimate of drug-likeness (QED) is 0.473. The third kappa shape index (κ3) is 4.78. The van der Waals surface area contributed by atoms with Crippen molar-refractivity contribution in [2.24, 2.45) is 0 Å². The summed E-state index contributed by atoms with van der Waals surface area (Å²) < 4.78 is 30.7. The van der Waals surface area contributed by atoms with Gasteiger partial charge >= 0.3 is 5.97 Å². The molecule has 0 heterocycles. The predicted molar refractivity (Wildman–Crippen MR) is 67.9 cm³/mol. The van der Waals surface area contributed by atoms with Crippen LogP contribution in [0.2, 0.25) is 0 Å². The zero-order valence-electron chi connectivity index (χ0n) is 10.4. The Morgan fingerprint density at radius 3 is 2.20 bits per heavy atom. The molecule has 0 saturated carbocycles. The molecule has 0 bridgehead atoms. The molecule has 0 aliphatic rings. The van der Waals surface area contributed by atoms with Crippen LogP contribution in [-0.4, -0.2) is 55.6 Å². The molecule has 20 heavy (non-hydrogen) atoms. The van der Waals surface area contributed by atoms with Gasteiger partial charge in [0.1, 0.15) is 5.75 Å². The van der Waals surface area contributed by atoms with E-state index in [1.807, 2.05) is 0 Å². The van der Waals surface area contributed by atoms with Crippen LogP contribution in [-0.2, 0) is 14.8 Å². The minimum atomic E-state index is -3.87. The number of nitrogens with one attached hydrogen (secondary N) is 1. The number of carbonyl (C=O) groups is 1. The highest BCUT2D eigenvalue weighted by molar-refractivity contribution is 7.89. The topological polar surface area (TPSA) is 133 Å². The fourth-order valence-electron chi connectivity index (χ4n) is 1.28. The van der Waals surface area contributed by atoms with Gasteiger partial charge in [0.25, 0.3) is 0 Å². The molecule has 1 aromatic carbocycles. The van der Waals surface area contributed by atoms with E-state index in [0.29, 0.717) is 0 Å². The van der Waals surface area contributed by atoms with Gasteiger partial charge in [0.15, 0.2) is 6.61 Å². The lowest BCUT2D eigenvalue weighted by Gasteiger charge is -2.14. The average Bonchev–Trinajstić information content (AvgIpc) is 2.43. The maximum Gasteiger partial charge on any atom is 0.341 e. The minimum Gasteiger partial charge on any atom is -0.482 e. The summed E-state index contributed by atoms with van der Waals surface area (Å²) in [6.07, 6.45) is 0. The van der Waals surface area contributed by atoms with Gasteiger partial charge < -0.3 is 20.1 Å². The number of hydrogen-bond donors (Lipinski definition) is 4. The smallest absolute Gasteiger partial charge is 0.341 e. The van der Waals surface area contributed by atoms with E-state index in [1.165, 1.54) is 24.3 Å². The van der Waals surface area contributed by atoms with Gasteiger partial charge in [0, 0.05) is 0 Å². The first-order valence-electron chi connectivity index (χ1n) is 5.57. The third-order valence-electron chi connectivity index (χ3n) is 2.26. The van der Waals surface area contributed by atoms with E-state index in [4.69, 9.17) is 20.1 Å². The molecule has 112 valence electrons. The molecule has 0 spiro atoms. The van der Waals surface area contributed by atoms with Gasteiger partial charge in [-0.2, -0.15) is 0 Å². The Kier molecular flexibility index (Phi) is 5.89. The Hall–Kier alpha value is -1.68. The second kappa shape index (κ2) is 7.20. The molecule has 0 saturated heterocycles. The standard InChI is InChI=1S/C11H15NO7S/c13-5-8(6-14)12-20(17,18)10-3-1-9(2-4-10)19-7-11(15)16/h1-4,8,12-14H,5-7H2,(H,15,16). The first-order valence-corrected chi connectivity index (χ1v) is 7.06. The lowest BCUT2D eigenvalue weighted by molar-refractivity contribution is -0.139. The lowest BCUT2D eigenvalue weighted by Crippen LogP contribution is -2.39. The van der Waals surface area contributed by atoms with Gasteiger partial charge in [-0.15, -0.1) is 0 Å². The Balaban J connectivity index is 2.78. The Bertz CT molecular complexity index is 536. The van der Waals surface area contributed by atoms with Crippen LogP contribution in [0.4, 0.5) is 0 Å². The molecule has 0 radical (unpaired) electrons. The van der Waals surface area contributed by atoms with E-state index in [9.17, 15) is 13.2 Å². The van der Waals surface area contributed by atoms with Crippen LogP contribution in [0.25, 0.3) is 0 Å². The molecular weight excluding hydrogens is 290 g/mol. The Morgan fingerprint density at radius 1 is 1.20 bits per heavy atom. The van der Waals surface area contributed by atoms with Crippen molar-refractivity contribution in [2.75, 3.05) is 19.8 Å². The number of aliphatic hydroxyl groups excluding tert-OH is 2. The second-order valence-electron chi connectivity index (χ2n) is 3.84. The van der Waals surface area contributed by atoms with Gasteiger partial charge in [-0.1, -0.05) is 0 Å². The number of aliphatic hydroxyl groups is 2. The number of hydrogen-bond acceptors (Lipinski definition) is 6. The maximum atomic E-state index is 11.9. The first kappa shape index (κ1) is 16.4. The fourth-order valence-corrected chi connectivity index (χ4v) is 2.50. The van der Waals surface area contributed by atoms with E-state index < -0.39 is 41.9 Å². The van der Waals surface area contributed by atoms with Crippen molar-refractivity contribution in [1.82, 2.24) is 4.72 Å². The van der Waals surface area contributed by atoms with E-state index >= 15 is 0 Å². The van der Waals surface area contributed by atoms with Gasteiger partial charge in [-0.25, -0.2) is 17.9 Å². The van der Waals surface area contributed by atoms with Crippen molar-refractivity contribution >= 4 is 16.0 Å². The molecule has 0 unspecified atom stereocenters. The summed E-state index contributed by atoms with van der Waals surface area (Å²) in [6, 6.07) is 4.09. The molecular formula is C11H15NO7S. The summed E-state index contributed by atoms with van der Waals surface area (Å²) in [5.74, 6) is -0.927. The Labute approximate surface area is 115 Å². The van der Waals surface area contributed by atoms with Crippen molar-refractivity contribution in [2.45, 2.75) is 10.9 Å². The van der Waals surface area contributed by atoms with E-state index in [2.05, 4.69) is 4.72 Å². The lowest BCUT2D eigenvalue weighted by atomic mass is 10.3. The number of rotatable bonds is 8. The molecule has 0 atom stereocenters. The summed E-state index contributed by atoms with van der Waals surface area (Å²) >= 11 is 0. The van der Waals surface area contributed by atoms with Crippen LogP contribution >= 0.6 is 0 Å². The van der Waals surface area contributed by atoms with Crippen molar-refractivity contribution in [1.29, 1.82) is 0 Å². The summed E-state index contributed by atoms with van der Waals surface area (Å²) in [5.41, 5.74) is 0. The highest BCUT2D eigenvalue weighted by Crippen LogP contribution is 2.16. The highest BCUT2D eigenvalue weighted by Gasteiger charge is 2.19. The number of benzene rings is 1. The summed E-state index contributed by atoms with van der Waals surface area (Å²) in [6.45, 7) is -1.59. The SMILES string of the molecule is O=C(O)COc1ccc(S(=O)(=O)NC(CO)CO)cc1. The summed E-state index contributed by atoms with van der Waals surface area (Å²) in [5, 5.41) is 26.1. The second-order valence-corrected chi connectivity index (χ2v) is 5.55.